The van der Waals surface area contributed by atoms with E-state index in [1.54, 1.807) is 30.0 Å². The van der Waals surface area contributed by atoms with E-state index >= 15 is 0 Å². The Kier molecular flexibility index (Phi) is 6.72. The van der Waals surface area contributed by atoms with Crippen LogP contribution in [0, 0.1) is 5.92 Å². The van der Waals surface area contributed by atoms with Crippen LogP contribution in [0.1, 0.15) is 31.7 Å². The van der Waals surface area contributed by atoms with Crippen LogP contribution in [-0.4, -0.2) is 36.5 Å². The summed E-state index contributed by atoms with van der Waals surface area (Å²) in [5.41, 5.74) is 0.811. The average molecular weight is 358 g/mol. The number of benzene rings is 1. The minimum atomic E-state index is -0.151. The summed E-state index contributed by atoms with van der Waals surface area (Å²) in [5.74, 6) is -0.164. The molecule has 1 amide bonds. The van der Waals surface area contributed by atoms with Gasteiger partial charge in [-0.3, -0.25) is 9.59 Å². The molecule has 1 aromatic rings. The molecular weight excluding hydrogens is 337 g/mol. The van der Waals surface area contributed by atoms with Crippen LogP contribution in [0.15, 0.2) is 18.2 Å². The fraction of sp³-hybridized carbons (Fsp3) is 0.529. The van der Waals surface area contributed by atoms with Crippen LogP contribution in [0.3, 0.4) is 0 Å². The number of rotatable bonds is 5. The molecule has 126 valence electrons. The van der Waals surface area contributed by atoms with Crippen LogP contribution >= 0.6 is 23.2 Å². The van der Waals surface area contributed by atoms with E-state index in [4.69, 9.17) is 27.9 Å². The first-order valence-corrected chi connectivity index (χ1v) is 8.65. The minimum absolute atomic E-state index is 0.0725. The van der Waals surface area contributed by atoms with Crippen LogP contribution < -0.4 is 0 Å². The van der Waals surface area contributed by atoms with Crippen molar-refractivity contribution < 1.29 is 14.3 Å². The van der Waals surface area contributed by atoms with Gasteiger partial charge in [0.1, 0.15) is 0 Å². The average Bonchev–Trinajstić information content (AvgIpc) is 2.54. The second-order valence-corrected chi connectivity index (χ2v) is 6.42. The maximum absolute atomic E-state index is 12.3. The van der Waals surface area contributed by atoms with Gasteiger partial charge in [0, 0.05) is 29.6 Å². The number of amides is 1. The highest BCUT2D eigenvalue weighted by atomic mass is 35.5. The highest BCUT2D eigenvalue weighted by molar-refractivity contribution is 6.36. The largest absolute Gasteiger partial charge is 0.466 e. The maximum Gasteiger partial charge on any atom is 0.309 e. The summed E-state index contributed by atoms with van der Waals surface area (Å²) in [7, 11) is 0. The van der Waals surface area contributed by atoms with Crippen LogP contribution in [-0.2, 0) is 20.7 Å². The Bertz CT molecular complexity index is 549. The third kappa shape index (κ3) is 4.85. The number of piperidine rings is 1. The van der Waals surface area contributed by atoms with Crippen LogP contribution in [0.25, 0.3) is 0 Å². The van der Waals surface area contributed by atoms with Gasteiger partial charge in [-0.05, 0) is 43.9 Å². The van der Waals surface area contributed by atoms with E-state index in [9.17, 15) is 9.59 Å². The molecule has 0 spiro atoms. The monoisotopic (exact) mass is 357 g/mol. The number of carbonyl (C=O) groups excluding carboxylic acids is 2. The van der Waals surface area contributed by atoms with Gasteiger partial charge < -0.3 is 9.64 Å². The molecule has 2 rings (SSSR count). The lowest BCUT2D eigenvalue weighted by Crippen LogP contribution is -2.40. The second-order valence-electron chi connectivity index (χ2n) is 5.61. The van der Waals surface area contributed by atoms with Crippen molar-refractivity contribution >= 4 is 35.1 Å². The highest BCUT2D eigenvalue weighted by Gasteiger charge is 2.28. The molecule has 0 N–H and O–H groups in total. The molecule has 0 unspecified atom stereocenters. The van der Waals surface area contributed by atoms with Crippen LogP contribution in [0.5, 0.6) is 0 Å². The van der Waals surface area contributed by atoms with Gasteiger partial charge in [0.15, 0.2) is 0 Å². The van der Waals surface area contributed by atoms with Gasteiger partial charge in [-0.2, -0.15) is 0 Å². The Morgan fingerprint density at radius 2 is 1.83 bits per heavy atom. The first kappa shape index (κ1) is 18.1. The molecule has 0 bridgehead atoms. The Morgan fingerprint density at radius 3 is 2.39 bits per heavy atom. The molecule has 0 aromatic heterocycles. The molecule has 1 heterocycles. The number of hydrogen-bond donors (Lipinski definition) is 0. The molecule has 1 fully saturated rings. The van der Waals surface area contributed by atoms with E-state index in [-0.39, 0.29) is 17.8 Å². The van der Waals surface area contributed by atoms with Crippen molar-refractivity contribution in [2.24, 2.45) is 5.92 Å². The van der Waals surface area contributed by atoms with Gasteiger partial charge in [-0.1, -0.05) is 29.3 Å². The second kappa shape index (κ2) is 8.55. The summed E-state index contributed by atoms with van der Waals surface area (Å²) in [4.78, 5) is 25.8. The molecule has 4 nitrogen and oxygen atoms in total. The highest BCUT2D eigenvalue weighted by Crippen LogP contribution is 2.26. The number of carbonyl (C=O) groups is 2. The van der Waals surface area contributed by atoms with E-state index in [0.29, 0.717) is 55.4 Å². The summed E-state index contributed by atoms with van der Waals surface area (Å²) in [5, 5.41) is 1.18. The number of nitrogens with zero attached hydrogens (tertiary/aromatic N) is 1. The van der Waals surface area contributed by atoms with Gasteiger partial charge >= 0.3 is 5.97 Å². The normalized spacial score (nSPS) is 15.5. The smallest absolute Gasteiger partial charge is 0.309 e. The zero-order valence-corrected chi connectivity index (χ0v) is 14.7. The van der Waals surface area contributed by atoms with Crippen molar-refractivity contribution in [3.63, 3.8) is 0 Å². The summed E-state index contributed by atoms with van der Waals surface area (Å²) in [6.07, 6.45) is 2.22. The topological polar surface area (TPSA) is 46.6 Å². The number of likely N-dealkylation sites (tertiary alicyclic amines) is 1. The van der Waals surface area contributed by atoms with E-state index in [1.807, 2.05) is 0 Å². The molecule has 1 aliphatic heterocycles. The molecule has 0 radical (unpaired) electrons. The van der Waals surface area contributed by atoms with Crippen LogP contribution in [0.2, 0.25) is 10.0 Å². The van der Waals surface area contributed by atoms with Gasteiger partial charge in [0.25, 0.3) is 0 Å². The van der Waals surface area contributed by atoms with Gasteiger partial charge in [0.2, 0.25) is 5.91 Å². The molecule has 1 aliphatic rings. The van der Waals surface area contributed by atoms with Gasteiger partial charge in [-0.25, -0.2) is 0 Å². The molecule has 23 heavy (non-hydrogen) atoms. The van der Waals surface area contributed by atoms with Gasteiger partial charge in [0.05, 0.1) is 12.5 Å². The zero-order valence-electron chi connectivity index (χ0n) is 13.2. The predicted molar refractivity (Wildman–Crippen MR) is 90.7 cm³/mol. The van der Waals surface area contributed by atoms with Crippen molar-refractivity contribution in [3.8, 4) is 0 Å². The summed E-state index contributed by atoms with van der Waals surface area (Å²) in [6.45, 7) is 3.39. The van der Waals surface area contributed by atoms with Crippen molar-refractivity contribution in [1.82, 2.24) is 4.90 Å². The lowest BCUT2D eigenvalue weighted by atomic mass is 9.96. The molecule has 0 aliphatic carbocycles. The third-order valence-corrected chi connectivity index (χ3v) is 4.83. The SMILES string of the molecule is CCOC(=O)C1CCN(C(=O)CCc2c(Cl)cccc2Cl)CC1. The lowest BCUT2D eigenvalue weighted by Gasteiger charge is -2.31. The summed E-state index contributed by atoms with van der Waals surface area (Å²) in [6, 6.07) is 5.34. The Labute approximate surface area is 146 Å². The van der Waals surface area contributed by atoms with Gasteiger partial charge in [-0.15, -0.1) is 0 Å². The minimum Gasteiger partial charge on any atom is -0.466 e. The number of esters is 1. The van der Waals surface area contributed by atoms with E-state index < -0.39 is 0 Å². The fourth-order valence-corrected chi connectivity index (χ4v) is 3.37. The predicted octanol–water partition coefficient (Wildman–Crippen LogP) is 3.73. The number of hydrogen-bond acceptors (Lipinski definition) is 3. The number of ether oxygens (including phenoxy) is 1. The quantitative estimate of drug-likeness (QED) is 0.754. The van der Waals surface area contributed by atoms with E-state index in [2.05, 4.69) is 0 Å². The van der Waals surface area contributed by atoms with E-state index in [1.165, 1.54) is 0 Å². The zero-order chi connectivity index (χ0) is 16.8. The summed E-state index contributed by atoms with van der Waals surface area (Å²) < 4.78 is 5.04. The Hall–Kier alpha value is -1.26. The molecule has 0 saturated carbocycles. The standard InChI is InChI=1S/C17H21Cl2NO3/c1-2-23-17(22)12-8-10-20(11-9-12)16(21)7-6-13-14(18)4-3-5-15(13)19/h3-5,12H,2,6-11H2,1H3. The van der Waals surface area contributed by atoms with Crippen molar-refractivity contribution in [2.45, 2.75) is 32.6 Å². The Balaban J connectivity index is 1.83. The third-order valence-electron chi connectivity index (χ3n) is 4.12. The molecule has 6 heteroatoms. The molecule has 0 atom stereocenters. The lowest BCUT2D eigenvalue weighted by molar-refractivity contribution is -0.151. The summed E-state index contributed by atoms with van der Waals surface area (Å²) >= 11 is 12.2. The van der Waals surface area contributed by atoms with E-state index in [0.717, 1.165) is 5.56 Å². The number of halogens is 2. The van der Waals surface area contributed by atoms with Crippen molar-refractivity contribution in [3.05, 3.63) is 33.8 Å². The van der Waals surface area contributed by atoms with Crippen molar-refractivity contribution in [2.75, 3.05) is 19.7 Å². The van der Waals surface area contributed by atoms with Crippen molar-refractivity contribution in [1.29, 1.82) is 0 Å². The molecule has 1 saturated heterocycles. The molecule has 1 aromatic carbocycles. The van der Waals surface area contributed by atoms with Crippen LogP contribution in [0.4, 0.5) is 0 Å². The fourth-order valence-electron chi connectivity index (χ4n) is 2.79. The maximum atomic E-state index is 12.3. The molecular formula is C17H21Cl2NO3. The Morgan fingerprint density at radius 1 is 1.22 bits per heavy atom. The first-order valence-electron chi connectivity index (χ1n) is 7.90. The first-order chi connectivity index (χ1) is 11.0.